The molecule has 1 aromatic carbocycles. The molecule has 0 bridgehead atoms. The van der Waals surface area contributed by atoms with Crippen molar-refractivity contribution in [3.05, 3.63) is 41.2 Å². The summed E-state index contributed by atoms with van der Waals surface area (Å²) in [6.07, 6.45) is 2.31. The molecule has 0 atom stereocenters. The Bertz CT molecular complexity index is 599. The summed E-state index contributed by atoms with van der Waals surface area (Å²) < 4.78 is 5.74. The molecule has 4 nitrogen and oxygen atoms in total. The molecule has 2 aromatic rings. The van der Waals surface area contributed by atoms with E-state index in [0.29, 0.717) is 22.6 Å². The Hall–Kier alpha value is -1.81. The van der Waals surface area contributed by atoms with Crippen LogP contribution in [-0.4, -0.2) is 17.0 Å². The molecule has 5 heteroatoms. The highest BCUT2D eigenvalue weighted by Gasteiger charge is 2.27. The lowest BCUT2D eigenvalue weighted by atomic mass is 10.3. The number of nitrogens with one attached hydrogen (secondary N) is 1. The van der Waals surface area contributed by atoms with Gasteiger partial charge in [0.1, 0.15) is 17.4 Å². The summed E-state index contributed by atoms with van der Waals surface area (Å²) in [5.74, 6) is 3.33. The lowest BCUT2D eigenvalue weighted by Gasteiger charge is -2.08. The number of anilines is 1. The first-order valence-electron chi connectivity index (χ1n) is 6.25. The van der Waals surface area contributed by atoms with Crippen molar-refractivity contribution >= 4 is 17.4 Å². The number of halogens is 1. The summed E-state index contributed by atoms with van der Waals surface area (Å²) in [5, 5.41) is 3.67. The molecular formula is C14H14ClN3O. The van der Waals surface area contributed by atoms with E-state index < -0.39 is 0 Å². The Kier molecular flexibility index (Phi) is 3.25. The number of hydrogen-bond acceptors (Lipinski definition) is 4. The molecule has 1 heterocycles. The topological polar surface area (TPSA) is 47.0 Å². The summed E-state index contributed by atoms with van der Waals surface area (Å²) >= 11 is 5.94. The predicted octanol–water partition coefficient (Wildman–Crippen LogP) is 3.84. The summed E-state index contributed by atoms with van der Waals surface area (Å²) in [7, 11) is 1.84. The highest BCUT2D eigenvalue weighted by atomic mass is 35.5. The third kappa shape index (κ3) is 2.96. The fourth-order valence-electron chi connectivity index (χ4n) is 1.80. The van der Waals surface area contributed by atoms with Gasteiger partial charge in [0.25, 0.3) is 0 Å². The monoisotopic (exact) mass is 275 g/mol. The van der Waals surface area contributed by atoms with Crippen LogP contribution in [0.4, 0.5) is 5.82 Å². The largest absolute Gasteiger partial charge is 0.439 e. The van der Waals surface area contributed by atoms with Crippen LogP contribution >= 0.6 is 11.6 Å². The van der Waals surface area contributed by atoms with Crippen LogP contribution in [0.3, 0.4) is 0 Å². The Balaban J connectivity index is 1.89. The second-order valence-corrected chi connectivity index (χ2v) is 4.97. The van der Waals surface area contributed by atoms with Crippen LogP contribution < -0.4 is 10.1 Å². The predicted molar refractivity (Wildman–Crippen MR) is 75.1 cm³/mol. The minimum atomic E-state index is 0.481. The van der Waals surface area contributed by atoms with Gasteiger partial charge < -0.3 is 10.1 Å². The van der Waals surface area contributed by atoms with Crippen LogP contribution in [0.1, 0.15) is 24.6 Å². The standard InChI is InChI=1S/C14H14ClN3O/c1-16-12-8-13(18-14(17-12)9-5-6-9)19-11-4-2-3-10(15)7-11/h2-4,7-9H,5-6H2,1H3,(H,16,17,18). The smallest absolute Gasteiger partial charge is 0.224 e. The van der Waals surface area contributed by atoms with Gasteiger partial charge in [0.05, 0.1) is 0 Å². The maximum atomic E-state index is 5.94. The van der Waals surface area contributed by atoms with Gasteiger partial charge in [-0.05, 0) is 31.0 Å². The number of ether oxygens (including phenoxy) is 1. The lowest BCUT2D eigenvalue weighted by molar-refractivity contribution is 0.459. The maximum absolute atomic E-state index is 5.94. The van der Waals surface area contributed by atoms with Crippen LogP contribution in [0.15, 0.2) is 30.3 Å². The van der Waals surface area contributed by atoms with E-state index in [0.717, 1.165) is 24.5 Å². The molecule has 1 aliphatic rings. The Morgan fingerprint density at radius 1 is 1.26 bits per heavy atom. The molecule has 1 saturated carbocycles. The molecule has 0 radical (unpaired) electrons. The summed E-state index contributed by atoms with van der Waals surface area (Å²) in [6.45, 7) is 0. The van der Waals surface area contributed by atoms with Crippen molar-refractivity contribution < 1.29 is 4.74 Å². The molecule has 19 heavy (non-hydrogen) atoms. The lowest BCUT2D eigenvalue weighted by Crippen LogP contribution is -2.00. The quantitative estimate of drug-likeness (QED) is 0.921. The summed E-state index contributed by atoms with van der Waals surface area (Å²) in [4.78, 5) is 8.90. The van der Waals surface area contributed by atoms with Gasteiger partial charge in [-0.1, -0.05) is 17.7 Å². The fraction of sp³-hybridized carbons (Fsp3) is 0.286. The summed E-state index contributed by atoms with van der Waals surface area (Å²) in [5.41, 5.74) is 0. The van der Waals surface area contributed by atoms with Crippen LogP contribution in [0, 0.1) is 0 Å². The van der Waals surface area contributed by atoms with Crippen LogP contribution in [-0.2, 0) is 0 Å². The molecule has 1 N–H and O–H groups in total. The zero-order chi connectivity index (χ0) is 13.2. The number of rotatable bonds is 4. The second-order valence-electron chi connectivity index (χ2n) is 4.53. The minimum absolute atomic E-state index is 0.481. The van der Waals surface area contributed by atoms with Gasteiger partial charge in [-0.15, -0.1) is 0 Å². The number of hydrogen-bond donors (Lipinski definition) is 1. The van der Waals surface area contributed by atoms with E-state index >= 15 is 0 Å². The van der Waals surface area contributed by atoms with Crippen molar-refractivity contribution in [3.8, 4) is 11.6 Å². The molecule has 0 unspecified atom stereocenters. The van der Waals surface area contributed by atoms with E-state index in [1.807, 2.05) is 25.2 Å². The van der Waals surface area contributed by atoms with Crippen LogP contribution in [0.2, 0.25) is 5.02 Å². The fourth-order valence-corrected chi connectivity index (χ4v) is 1.98. The molecule has 0 aliphatic heterocycles. The van der Waals surface area contributed by atoms with Gasteiger partial charge in [0, 0.05) is 24.1 Å². The minimum Gasteiger partial charge on any atom is -0.439 e. The Morgan fingerprint density at radius 2 is 2.11 bits per heavy atom. The number of aromatic nitrogens is 2. The van der Waals surface area contributed by atoms with Gasteiger partial charge in [0.2, 0.25) is 5.88 Å². The first-order valence-corrected chi connectivity index (χ1v) is 6.62. The normalized spacial score (nSPS) is 14.2. The highest BCUT2D eigenvalue weighted by molar-refractivity contribution is 6.30. The van der Waals surface area contributed by atoms with Gasteiger partial charge in [-0.25, -0.2) is 4.98 Å². The van der Waals surface area contributed by atoms with E-state index in [2.05, 4.69) is 15.3 Å². The van der Waals surface area contributed by atoms with Crippen molar-refractivity contribution in [1.82, 2.24) is 9.97 Å². The maximum Gasteiger partial charge on any atom is 0.224 e. The van der Waals surface area contributed by atoms with E-state index in [1.165, 1.54) is 0 Å². The second kappa shape index (κ2) is 5.05. The molecule has 1 aromatic heterocycles. The van der Waals surface area contributed by atoms with Crippen molar-refractivity contribution in [2.75, 3.05) is 12.4 Å². The third-order valence-corrected chi connectivity index (χ3v) is 3.17. The van der Waals surface area contributed by atoms with E-state index in [4.69, 9.17) is 16.3 Å². The Labute approximate surface area is 116 Å². The average molecular weight is 276 g/mol. The number of nitrogens with zero attached hydrogens (tertiary/aromatic N) is 2. The SMILES string of the molecule is CNc1cc(Oc2cccc(Cl)c2)nc(C2CC2)n1. The van der Waals surface area contributed by atoms with Gasteiger partial charge in [-0.2, -0.15) is 4.98 Å². The first-order chi connectivity index (χ1) is 9.24. The van der Waals surface area contributed by atoms with Crippen molar-refractivity contribution in [1.29, 1.82) is 0 Å². The number of benzene rings is 1. The molecule has 0 spiro atoms. The van der Waals surface area contributed by atoms with Crippen molar-refractivity contribution in [2.24, 2.45) is 0 Å². The average Bonchev–Trinajstić information content (AvgIpc) is 3.22. The van der Waals surface area contributed by atoms with Crippen molar-refractivity contribution in [2.45, 2.75) is 18.8 Å². The molecule has 98 valence electrons. The van der Waals surface area contributed by atoms with Gasteiger partial charge >= 0.3 is 0 Å². The summed E-state index contributed by atoms with van der Waals surface area (Å²) in [6, 6.07) is 9.05. The van der Waals surface area contributed by atoms with Gasteiger partial charge in [-0.3, -0.25) is 0 Å². The highest BCUT2D eigenvalue weighted by Crippen LogP contribution is 2.39. The molecule has 1 aliphatic carbocycles. The van der Waals surface area contributed by atoms with Crippen molar-refractivity contribution in [3.63, 3.8) is 0 Å². The molecule has 1 fully saturated rings. The van der Waals surface area contributed by atoms with E-state index in [-0.39, 0.29) is 0 Å². The zero-order valence-corrected chi connectivity index (χ0v) is 11.3. The molecular weight excluding hydrogens is 262 g/mol. The molecule has 0 saturated heterocycles. The third-order valence-electron chi connectivity index (χ3n) is 2.94. The van der Waals surface area contributed by atoms with Crippen LogP contribution in [0.5, 0.6) is 11.6 Å². The molecule has 3 rings (SSSR count). The Morgan fingerprint density at radius 3 is 2.79 bits per heavy atom. The van der Waals surface area contributed by atoms with E-state index in [9.17, 15) is 0 Å². The van der Waals surface area contributed by atoms with Crippen LogP contribution in [0.25, 0.3) is 0 Å². The van der Waals surface area contributed by atoms with E-state index in [1.54, 1.807) is 12.1 Å². The molecule has 0 amide bonds. The zero-order valence-electron chi connectivity index (χ0n) is 10.6. The first kappa shape index (κ1) is 12.2. The van der Waals surface area contributed by atoms with Gasteiger partial charge in [0.15, 0.2) is 0 Å².